The normalized spacial score (nSPS) is 18.7. The summed E-state index contributed by atoms with van der Waals surface area (Å²) in [5, 5.41) is 4.09. The first-order chi connectivity index (χ1) is 14.7. The Hall–Kier alpha value is -3.58. The van der Waals surface area contributed by atoms with E-state index >= 15 is 0 Å². The van der Waals surface area contributed by atoms with Crippen molar-refractivity contribution >= 4 is 22.5 Å². The highest BCUT2D eigenvalue weighted by atomic mass is 16.5. The zero-order valence-electron chi connectivity index (χ0n) is 16.2. The molecule has 1 fully saturated rings. The number of nitrogens with zero attached hydrogens (tertiary/aromatic N) is 3. The zero-order chi connectivity index (χ0) is 20.5. The maximum absolute atomic E-state index is 12.8. The van der Waals surface area contributed by atoms with Crippen LogP contribution in [0.1, 0.15) is 15.9 Å². The molecule has 1 aliphatic heterocycles. The second-order valence-corrected chi connectivity index (χ2v) is 7.47. The first kappa shape index (κ1) is 18.4. The standard InChI is InChI=1S/C23H20N4O3/c28-22(18-12-25-21-7-3-4-10-27(21)23(18)29)26-20-14-30-13-16(20)11-15-8-9-24-19-6-2-1-5-17(15)19/h1-10,12,16,20H,11,13-14H2,(H,26,28)/t16-,20+/m1/s1. The third kappa shape index (κ3) is 3.33. The van der Waals surface area contributed by atoms with E-state index in [9.17, 15) is 9.59 Å². The molecule has 1 saturated heterocycles. The van der Waals surface area contributed by atoms with Gasteiger partial charge in [0.2, 0.25) is 0 Å². The number of carbonyl (C=O) groups is 1. The Morgan fingerprint density at radius 1 is 1.10 bits per heavy atom. The van der Waals surface area contributed by atoms with Crippen molar-refractivity contribution < 1.29 is 9.53 Å². The molecule has 4 aromatic rings. The van der Waals surface area contributed by atoms with Gasteiger partial charge in [-0.15, -0.1) is 0 Å². The van der Waals surface area contributed by atoms with Crippen LogP contribution in [-0.2, 0) is 11.2 Å². The Morgan fingerprint density at radius 2 is 1.97 bits per heavy atom. The highest BCUT2D eigenvalue weighted by Crippen LogP contribution is 2.24. The van der Waals surface area contributed by atoms with Gasteiger partial charge in [0, 0.05) is 29.9 Å². The summed E-state index contributed by atoms with van der Waals surface area (Å²) in [5.74, 6) is -0.318. The Balaban J connectivity index is 1.37. The molecule has 5 rings (SSSR count). The number of fused-ring (bicyclic) bond motifs is 2. The summed E-state index contributed by atoms with van der Waals surface area (Å²) in [6.07, 6.45) is 5.51. The molecule has 1 N–H and O–H groups in total. The van der Waals surface area contributed by atoms with E-state index in [1.54, 1.807) is 24.4 Å². The van der Waals surface area contributed by atoms with E-state index in [4.69, 9.17) is 4.74 Å². The lowest BCUT2D eigenvalue weighted by Crippen LogP contribution is -2.42. The van der Waals surface area contributed by atoms with Crippen molar-refractivity contribution in [3.8, 4) is 0 Å². The fraction of sp³-hybridized carbons (Fsp3) is 0.217. The van der Waals surface area contributed by atoms with Crippen molar-refractivity contribution in [3.63, 3.8) is 0 Å². The van der Waals surface area contributed by atoms with Crippen LogP contribution >= 0.6 is 0 Å². The van der Waals surface area contributed by atoms with E-state index in [2.05, 4.69) is 21.4 Å². The minimum Gasteiger partial charge on any atom is -0.379 e. The first-order valence-electron chi connectivity index (χ1n) is 9.88. The third-order valence-electron chi connectivity index (χ3n) is 5.59. The van der Waals surface area contributed by atoms with Crippen molar-refractivity contribution in [1.82, 2.24) is 19.7 Å². The minimum absolute atomic E-state index is 0.0266. The van der Waals surface area contributed by atoms with Gasteiger partial charge in [0.25, 0.3) is 11.5 Å². The van der Waals surface area contributed by atoms with Crippen molar-refractivity contribution in [2.45, 2.75) is 12.5 Å². The van der Waals surface area contributed by atoms with Gasteiger partial charge in [-0.25, -0.2) is 4.98 Å². The molecule has 3 aromatic heterocycles. The lowest BCUT2D eigenvalue weighted by Gasteiger charge is -2.19. The van der Waals surface area contributed by atoms with Crippen LogP contribution < -0.4 is 10.9 Å². The summed E-state index contributed by atoms with van der Waals surface area (Å²) in [7, 11) is 0. The number of hydrogen-bond donors (Lipinski definition) is 1. The van der Waals surface area contributed by atoms with Crippen LogP contribution in [0.15, 0.2) is 71.9 Å². The second kappa shape index (κ2) is 7.68. The topological polar surface area (TPSA) is 85.6 Å². The van der Waals surface area contributed by atoms with Crippen LogP contribution in [0.25, 0.3) is 16.6 Å². The van der Waals surface area contributed by atoms with Gasteiger partial charge in [-0.3, -0.25) is 19.0 Å². The number of para-hydroxylation sites is 1. The molecule has 0 saturated carbocycles. The monoisotopic (exact) mass is 400 g/mol. The minimum atomic E-state index is -0.425. The molecule has 0 unspecified atom stereocenters. The zero-order valence-corrected chi connectivity index (χ0v) is 16.2. The lowest BCUT2D eigenvalue weighted by atomic mass is 9.93. The summed E-state index contributed by atoms with van der Waals surface area (Å²) in [6, 6.07) is 15.1. The summed E-state index contributed by atoms with van der Waals surface area (Å²) >= 11 is 0. The van der Waals surface area contributed by atoms with Gasteiger partial charge < -0.3 is 10.1 Å². The first-order valence-corrected chi connectivity index (χ1v) is 9.88. The molecule has 7 heteroatoms. The van der Waals surface area contributed by atoms with Crippen molar-refractivity contribution in [2.24, 2.45) is 5.92 Å². The number of hydrogen-bond acceptors (Lipinski definition) is 5. The van der Waals surface area contributed by atoms with Gasteiger partial charge in [-0.2, -0.15) is 0 Å². The van der Waals surface area contributed by atoms with Crippen molar-refractivity contribution in [1.29, 1.82) is 0 Å². The number of carbonyl (C=O) groups excluding carboxylic acids is 1. The Kier molecular flexibility index (Phi) is 4.72. The van der Waals surface area contributed by atoms with Gasteiger partial charge in [-0.1, -0.05) is 24.3 Å². The van der Waals surface area contributed by atoms with Crippen LogP contribution in [0.4, 0.5) is 0 Å². The SMILES string of the molecule is O=C(N[C@H]1COC[C@H]1Cc1ccnc2ccccc12)c1cnc2ccccn2c1=O. The molecule has 0 radical (unpaired) electrons. The van der Waals surface area contributed by atoms with Gasteiger partial charge >= 0.3 is 0 Å². The van der Waals surface area contributed by atoms with Crippen LogP contribution in [0, 0.1) is 5.92 Å². The molecule has 150 valence electrons. The van der Waals surface area contributed by atoms with Crippen LogP contribution in [0.5, 0.6) is 0 Å². The average Bonchev–Trinajstić information content (AvgIpc) is 3.21. The molecule has 7 nitrogen and oxygen atoms in total. The number of pyridine rings is 2. The third-order valence-corrected chi connectivity index (χ3v) is 5.59. The van der Waals surface area contributed by atoms with Crippen molar-refractivity contribution in [2.75, 3.05) is 13.2 Å². The molecular weight excluding hydrogens is 380 g/mol. The number of ether oxygens (including phenoxy) is 1. The molecule has 0 spiro atoms. The quantitative estimate of drug-likeness (QED) is 0.568. The van der Waals surface area contributed by atoms with E-state index in [0.717, 1.165) is 17.3 Å². The summed E-state index contributed by atoms with van der Waals surface area (Å²) in [6.45, 7) is 0.971. The number of benzene rings is 1. The molecule has 0 bridgehead atoms. The summed E-state index contributed by atoms with van der Waals surface area (Å²) in [5.41, 5.74) is 2.27. The Morgan fingerprint density at radius 3 is 2.90 bits per heavy atom. The van der Waals surface area contributed by atoms with E-state index < -0.39 is 5.91 Å². The highest BCUT2D eigenvalue weighted by molar-refractivity contribution is 5.94. The molecule has 4 heterocycles. The van der Waals surface area contributed by atoms with Gasteiger partial charge in [0.1, 0.15) is 11.2 Å². The number of nitrogens with one attached hydrogen (secondary N) is 1. The predicted molar refractivity (Wildman–Crippen MR) is 112 cm³/mol. The fourth-order valence-electron chi connectivity index (χ4n) is 4.00. The van der Waals surface area contributed by atoms with E-state index in [1.807, 2.05) is 30.5 Å². The molecule has 1 aliphatic rings. The molecule has 1 aromatic carbocycles. The molecule has 2 atom stereocenters. The summed E-state index contributed by atoms with van der Waals surface area (Å²) < 4.78 is 7.04. The van der Waals surface area contributed by atoms with Crippen LogP contribution in [0.2, 0.25) is 0 Å². The van der Waals surface area contributed by atoms with E-state index in [0.29, 0.717) is 18.9 Å². The number of aromatic nitrogens is 3. The Labute approximate surface area is 172 Å². The second-order valence-electron chi connectivity index (χ2n) is 7.47. The predicted octanol–water partition coefficient (Wildman–Crippen LogP) is 2.23. The maximum Gasteiger partial charge on any atom is 0.270 e. The lowest BCUT2D eigenvalue weighted by molar-refractivity contribution is 0.0923. The average molecular weight is 400 g/mol. The smallest absolute Gasteiger partial charge is 0.270 e. The Bertz CT molecular complexity index is 1300. The summed E-state index contributed by atoms with van der Waals surface area (Å²) in [4.78, 5) is 34.2. The highest BCUT2D eigenvalue weighted by Gasteiger charge is 2.31. The van der Waals surface area contributed by atoms with E-state index in [-0.39, 0.29) is 23.1 Å². The largest absolute Gasteiger partial charge is 0.379 e. The molecule has 0 aliphatic carbocycles. The van der Waals surface area contributed by atoms with Crippen LogP contribution in [-0.4, -0.2) is 39.5 Å². The van der Waals surface area contributed by atoms with Gasteiger partial charge in [0.15, 0.2) is 0 Å². The molecular formula is C23H20N4O3. The molecule has 1 amide bonds. The van der Waals surface area contributed by atoms with Crippen molar-refractivity contribution in [3.05, 3.63) is 88.6 Å². The fourth-order valence-corrected chi connectivity index (χ4v) is 4.00. The molecule has 30 heavy (non-hydrogen) atoms. The van der Waals surface area contributed by atoms with Gasteiger partial charge in [0.05, 0.1) is 24.8 Å². The van der Waals surface area contributed by atoms with Gasteiger partial charge in [-0.05, 0) is 36.2 Å². The number of amides is 1. The maximum atomic E-state index is 12.8. The van der Waals surface area contributed by atoms with Crippen LogP contribution in [0.3, 0.4) is 0 Å². The van der Waals surface area contributed by atoms with E-state index in [1.165, 1.54) is 16.2 Å². The number of rotatable bonds is 4.